The second kappa shape index (κ2) is 13.7. The highest BCUT2D eigenvalue weighted by atomic mass is 16.7. The van der Waals surface area contributed by atoms with E-state index in [1.54, 1.807) is 0 Å². The normalized spacial score (nSPS) is 31.0. The molecule has 5 aliphatic rings. The highest BCUT2D eigenvalue weighted by Crippen LogP contribution is 2.55. The minimum atomic E-state index is -0.626. The van der Waals surface area contributed by atoms with Crippen LogP contribution < -0.4 is 10.6 Å². The Morgan fingerprint density at radius 2 is 1.49 bits per heavy atom. The number of likely N-dealkylation sites (N-methyl/N-ethyl adjacent to an activating group) is 1. The molecule has 1 saturated heterocycles. The van der Waals surface area contributed by atoms with Crippen molar-refractivity contribution in [3.8, 4) is 0 Å². The summed E-state index contributed by atoms with van der Waals surface area (Å²) in [6.07, 6.45) is 6.44. The molecule has 1 heterocycles. The topological polar surface area (TPSA) is 103 Å². The molecular formula is C39H49N3O5. The minimum Gasteiger partial charge on any atom is -0.392 e. The second-order valence-corrected chi connectivity index (χ2v) is 14.8. The number of carbonyl (C=O) groups excluding carboxylic acids is 1. The van der Waals surface area contributed by atoms with E-state index in [2.05, 4.69) is 15.5 Å². The molecule has 8 nitrogen and oxygen atoms in total. The predicted molar refractivity (Wildman–Crippen MR) is 181 cm³/mol. The van der Waals surface area contributed by atoms with Gasteiger partial charge in [-0.15, -0.1) is 0 Å². The van der Waals surface area contributed by atoms with Crippen molar-refractivity contribution in [3.05, 3.63) is 101 Å². The summed E-state index contributed by atoms with van der Waals surface area (Å²) < 4.78 is 13.1. The molecule has 5 fully saturated rings. The van der Waals surface area contributed by atoms with Crippen molar-refractivity contribution in [2.24, 2.45) is 17.8 Å². The van der Waals surface area contributed by atoms with Crippen LogP contribution in [0.5, 0.6) is 0 Å². The van der Waals surface area contributed by atoms with E-state index in [1.165, 1.54) is 19.3 Å². The van der Waals surface area contributed by atoms with Crippen LogP contribution in [-0.4, -0.2) is 52.4 Å². The zero-order valence-electron chi connectivity index (χ0n) is 27.6. The number of nitrogens with zero attached hydrogens (tertiary/aromatic N) is 1. The molecule has 4 aliphatic carbocycles. The number of aliphatic hydroxyl groups is 2. The predicted octanol–water partition coefficient (Wildman–Crippen LogP) is 6.87. The first-order chi connectivity index (χ1) is 22.8. The van der Waals surface area contributed by atoms with Crippen LogP contribution in [0.2, 0.25) is 0 Å². The molecule has 3 aromatic rings. The molecule has 2 amide bonds. The number of benzene rings is 3. The summed E-state index contributed by atoms with van der Waals surface area (Å²) in [4.78, 5) is 15.3. The van der Waals surface area contributed by atoms with E-state index in [-0.39, 0.29) is 36.4 Å². The fourth-order valence-electron chi connectivity index (χ4n) is 9.08. The first-order valence-corrected chi connectivity index (χ1v) is 17.4. The maximum absolute atomic E-state index is 13.2. The van der Waals surface area contributed by atoms with E-state index >= 15 is 0 Å². The standard InChI is InChI=1S/C39H49N3O5/c1-25(36(44)31-6-4-3-5-7-31)42(2)23-34-19-35(30-10-8-26(24-43)9-11-30)47-37(46-34)32-12-14-33(15-13-32)40-38(45)41-39-20-27-16-28(21-39)18-29(17-27)22-39/h3-15,25,27-29,34-37,43-44H,16-24H2,1-2H3,(H2,40,41,45). The van der Waals surface area contributed by atoms with Crippen molar-refractivity contribution in [1.82, 2.24) is 10.2 Å². The van der Waals surface area contributed by atoms with Gasteiger partial charge in [0.1, 0.15) is 0 Å². The van der Waals surface area contributed by atoms with E-state index in [1.807, 2.05) is 92.8 Å². The lowest BCUT2D eigenvalue weighted by Gasteiger charge is -2.56. The SMILES string of the molecule is CC(C(O)c1ccccc1)N(C)CC1CC(c2ccc(CO)cc2)OC(c2ccc(NC(=O)NC34CC5CC(CC(C5)C3)C4)cc2)O1. The third kappa shape index (κ3) is 7.27. The number of urea groups is 1. The van der Waals surface area contributed by atoms with Gasteiger partial charge in [0.15, 0.2) is 6.29 Å². The van der Waals surface area contributed by atoms with Gasteiger partial charge in [-0.2, -0.15) is 0 Å². The molecule has 0 aromatic heterocycles. The molecule has 4 N–H and O–H groups in total. The van der Waals surface area contributed by atoms with E-state index in [0.29, 0.717) is 13.0 Å². The maximum Gasteiger partial charge on any atom is 0.319 e. The van der Waals surface area contributed by atoms with E-state index in [9.17, 15) is 15.0 Å². The van der Waals surface area contributed by atoms with Crippen LogP contribution in [0.4, 0.5) is 10.5 Å². The van der Waals surface area contributed by atoms with Crippen molar-refractivity contribution in [2.75, 3.05) is 18.9 Å². The second-order valence-electron chi connectivity index (χ2n) is 14.8. The summed E-state index contributed by atoms with van der Waals surface area (Å²) in [6, 6.07) is 25.1. The number of ether oxygens (including phenoxy) is 2. The highest BCUT2D eigenvalue weighted by molar-refractivity contribution is 5.89. The Labute approximate surface area is 278 Å². The summed E-state index contributed by atoms with van der Waals surface area (Å²) in [5.74, 6) is 2.32. The van der Waals surface area contributed by atoms with Crippen LogP contribution in [0.1, 0.15) is 92.6 Å². The Morgan fingerprint density at radius 1 is 0.872 bits per heavy atom. The number of rotatable bonds is 10. The van der Waals surface area contributed by atoms with Gasteiger partial charge in [0, 0.05) is 35.8 Å². The fraction of sp³-hybridized carbons (Fsp3) is 0.513. The molecule has 1 aliphatic heterocycles. The van der Waals surface area contributed by atoms with Gasteiger partial charge < -0.3 is 30.3 Å². The van der Waals surface area contributed by atoms with Crippen LogP contribution in [0, 0.1) is 17.8 Å². The summed E-state index contributed by atoms with van der Waals surface area (Å²) in [7, 11) is 2.02. The van der Waals surface area contributed by atoms with E-state index in [4.69, 9.17) is 9.47 Å². The van der Waals surface area contributed by atoms with Gasteiger partial charge in [-0.1, -0.05) is 66.7 Å². The van der Waals surface area contributed by atoms with Gasteiger partial charge >= 0.3 is 6.03 Å². The highest BCUT2D eigenvalue weighted by Gasteiger charge is 2.51. The molecule has 0 radical (unpaired) electrons. The van der Waals surface area contributed by atoms with Crippen LogP contribution in [0.15, 0.2) is 78.9 Å². The number of carbonyl (C=O) groups is 1. The van der Waals surface area contributed by atoms with Gasteiger partial charge in [-0.25, -0.2) is 4.79 Å². The number of amides is 2. The fourth-order valence-corrected chi connectivity index (χ4v) is 9.08. The monoisotopic (exact) mass is 639 g/mol. The summed E-state index contributed by atoms with van der Waals surface area (Å²) >= 11 is 0. The molecule has 0 spiro atoms. The third-order valence-electron chi connectivity index (χ3n) is 11.3. The molecule has 5 unspecified atom stereocenters. The van der Waals surface area contributed by atoms with Crippen LogP contribution in [-0.2, 0) is 16.1 Å². The average molecular weight is 640 g/mol. The molecule has 3 aromatic carbocycles. The Kier molecular flexibility index (Phi) is 9.40. The van der Waals surface area contributed by atoms with E-state index < -0.39 is 12.4 Å². The van der Waals surface area contributed by atoms with Gasteiger partial charge in [0.05, 0.1) is 24.9 Å². The van der Waals surface area contributed by atoms with Crippen molar-refractivity contribution in [1.29, 1.82) is 0 Å². The lowest BCUT2D eigenvalue weighted by Crippen LogP contribution is -2.60. The number of nitrogens with one attached hydrogen (secondary N) is 2. The average Bonchev–Trinajstić information content (AvgIpc) is 3.07. The summed E-state index contributed by atoms with van der Waals surface area (Å²) in [6.45, 7) is 2.64. The Balaban J connectivity index is 1.02. The number of hydrogen-bond acceptors (Lipinski definition) is 6. The molecule has 4 saturated carbocycles. The first-order valence-electron chi connectivity index (χ1n) is 17.4. The summed E-state index contributed by atoms with van der Waals surface area (Å²) in [5, 5.41) is 27.1. The quantitative estimate of drug-likeness (QED) is 0.193. The Hall–Kier alpha value is -3.27. The molecule has 4 bridgehead atoms. The van der Waals surface area contributed by atoms with Gasteiger partial charge in [-0.05, 0) is 99.1 Å². The van der Waals surface area contributed by atoms with Gasteiger partial charge in [0.25, 0.3) is 0 Å². The lowest BCUT2D eigenvalue weighted by atomic mass is 9.53. The smallest absolute Gasteiger partial charge is 0.319 e. The molecular weight excluding hydrogens is 590 g/mol. The van der Waals surface area contributed by atoms with Crippen molar-refractivity contribution >= 4 is 11.7 Å². The minimum absolute atomic E-state index is 0.00641. The lowest BCUT2D eigenvalue weighted by molar-refractivity contribution is -0.253. The number of hydrogen-bond donors (Lipinski definition) is 4. The largest absolute Gasteiger partial charge is 0.392 e. The zero-order chi connectivity index (χ0) is 32.5. The molecule has 5 atom stereocenters. The van der Waals surface area contributed by atoms with Gasteiger partial charge in [0.2, 0.25) is 0 Å². The number of aliphatic hydroxyl groups excluding tert-OH is 2. The maximum atomic E-state index is 13.2. The third-order valence-corrected chi connectivity index (χ3v) is 11.3. The molecule has 250 valence electrons. The first kappa shape index (κ1) is 32.3. The van der Waals surface area contributed by atoms with E-state index in [0.717, 1.165) is 65.0 Å². The van der Waals surface area contributed by atoms with Gasteiger partial charge in [-0.3, -0.25) is 4.90 Å². The molecule has 8 heteroatoms. The Morgan fingerprint density at radius 3 is 2.11 bits per heavy atom. The number of anilines is 1. The zero-order valence-corrected chi connectivity index (χ0v) is 27.6. The van der Waals surface area contributed by atoms with Crippen LogP contribution in [0.3, 0.4) is 0 Å². The Bertz CT molecular complexity index is 1460. The molecule has 8 rings (SSSR count). The van der Waals surface area contributed by atoms with Crippen LogP contribution in [0.25, 0.3) is 0 Å². The summed E-state index contributed by atoms with van der Waals surface area (Å²) in [5.41, 5.74) is 4.35. The molecule has 47 heavy (non-hydrogen) atoms. The van der Waals surface area contributed by atoms with Crippen molar-refractivity contribution in [3.63, 3.8) is 0 Å². The van der Waals surface area contributed by atoms with Crippen LogP contribution >= 0.6 is 0 Å². The van der Waals surface area contributed by atoms with Crippen molar-refractivity contribution in [2.45, 2.75) is 94.7 Å². The van der Waals surface area contributed by atoms with Crippen molar-refractivity contribution < 1.29 is 24.5 Å².